The predicted molar refractivity (Wildman–Crippen MR) is 110 cm³/mol. The molecule has 28 heavy (non-hydrogen) atoms. The number of anilines is 1. The standard InChI is InChI=1S/C24H22N2O2/c27-23(22-7-3-5-17-4-1-2-6-21(17)22)25-20-11-10-16-12-13-26(15-19(16)14-20)24(28)18-8-9-18/h1-7,10-11,14,18H,8-9,12-13,15H2,(H,25,27). The van der Waals surface area contributed by atoms with Crippen molar-refractivity contribution in [1.29, 1.82) is 0 Å². The van der Waals surface area contributed by atoms with Crippen LogP contribution in [0.1, 0.15) is 34.3 Å². The summed E-state index contributed by atoms with van der Waals surface area (Å²) in [5, 5.41) is 5.03. The Morgan fingerprint density at radius 2 is 1.75 bits per heavy atom. The first-order valence-electron chi connectivity index (χ1n) is 9.89. The van der Waals surface area contributed by atoms with Crippen molar-refractivity contribution in [2.45, 2.75) is 25.8 Å². The zero-order valence-electron chi connectivity index (χ0n) is 15.7. The molecule has 4 heteroatoms. The van der Waals surface area contributed by atoms with Crippen LogP contribution >= 0.6 is 0 Å². The third-order valence-electron chi connectivity index (χ3n) is 5.75. The number of carbonyl (C=O) groups excluding carboxylic acids is 2. The zero-order chi connectivity index (χ0) is 19.1. The SMILES string of the molecule is O=C(Nc1ccc2c(c1)CN(C(=O)C1CC1)CC2)c1cccc2ccccc12. The Kier molecular flexibility index (Phi) is 4.12. The second-order valence-electron chi connectivity index (χ2n) is 7.75. The molecule has 1 fully saturated rings. The summed E-state index contributed by atoms with van der Waals surface area (Å²) in [4.78, 5) is 27.3. The maximum atomic E-state index is 12.9. The minimum absolute atomic E-state index is 0.113. The lowest BCUT2D eigenvalue weighted by molar-refractivity contribution is -0.133. The molecule has 2 aliphatic rings. The lowest BCUT2D eigenvalue weighted by atomic mass is 9.98. The van der Waals surface area contributed by atoms with E-state index in [1.165, 1.54) is 5.56 Å². The number of fused-ring (bicyclic) bond motifs is 2. The number of benzene rings is 3. The smallest absolute Gasteiger partial charge is 0.256 e. The van der Waals surface area contributed by atoms with Crippen molar-refractivity contribution in [3.63, 3.8) is 0 Å². The second-order valence-corrected chi connectivity index (χ2v) is 7.75. The Balaban J connectivity index is 1.38. The summed E-state index contributed by atoms with van der Waals surface area (Å²) in [6.45, 7) is 1.44. The molecule has 0 bridgehead atoms. The van der Waals surface area contributed by atoms with Crippen molar-refractivity contribution in [2.75, 3.05) is 11.9 Å². The highest BCUT2D eigenvalue weighted by Crippen LogP contribution is 2.33. The van der Waals surface area contributed by atoms with Gasteiger partial charge in [0.1, 0.15) is 0 Å². The molecule has 1 saturated carbocycles. The highest BCUT2D eigenvalue weighted by atomic mass is 16.2. The third kappa shape index (κ3) is 3.15. The van der Waals surface area contributed by atoms with Crippen LogP contribution in [0.5, 0.6) is 0 Å². The number of nitrogens with zero attached hydrogens (tertiary/aromatic N) is 1. The fourth-order valence-electron chi connectivity index (χ4n) is 4.03. The van der Waals surface area contributed by atoms with Crippen LogP contribution in [-0.4, -0.2) is 23.3 Å². The van der Waals surface area contributed by atoms with Gasteiger partial charge in [0, 0.05) is 30.3 Å². The van der Waals surface area contributed by atoms with Gasteiger partial charge in [0.05, 0.1) is 0 Å². The van der Waals surface area contributed by atoms with Gasteiger partial charge in [-0.1, -0.05) is 42.5 Å². The molecule has 0 atom stereocenters. The number of carbonyl (C=O) groups is 2. The van der Waals surface area contributed by atoms with E-state index in [1.807, 2.05) is 59.5 Å². The van der Waals surface area contributed by atoms with E-state index in [0.717, 1.165) is 47.8 Å². The van der Waals surface area contributed by atoms with E-state index >= 15 is 0 Å². The number of hydrogen-bond donors (Lipinski definition) is 1. The highest BCUT2D eigenvalue weighted by molar-refractivity contribution is 6.12. The van der Waals surface area contributed by atoms with E-state index < -0.39 is 0 Å². The van der Waals surface area contributed by atoms with Crippen LogP contribution in [0.15, 0.2) is 60.7 Å². The van der Waals surface area contributed by atoms with Crippen LogP contribution in [0, 0.1) is 5.92 Å². The Morgan fingerprint density at radius 3 is 2.61 bits per heavy atom. The molecule has 140 valence electrons. The lowest BCUT2D eigenvalue weighted by Gasteiger charge is -2.29. The molecule has 0 unspecified atom stereocenters. The van der Waals surface area contributed by atoms with E-state index in [1.54, 1.807) is 0 Å². The summed E-state index contributed by atoms with van der Waals surface area (Å²) in [6.07, 6.45) is 2.94. The highest BCUT2D eigenvalue weighted by Gasteiger charge is 2.34. The van der Waals surface area contributed by atoms with Crippen LogP contribution in [0.3, 0.4) is 0 Å². The fourth-order valence-corrected chi connectivity index (χ4v) is 4.03. The van der Waals surface area contributed by atoms with Gasteiger partial charge < -0.3 is 10.2 Å². The summed E-state index contributed by atoms with van der Waals surface area (Å²) in [5.74, 6) is 0.421. The molecule has 0 radical (unpaired) electrons. The first kappa shape index (κ1) is 17.0. The molecule has 0 saturated heterocycles. The number of nitrogens with one attached hydrogen (secondary N) is 1. The Bertz CT molecular complexity index is 1080. The monoisotopic (exact) mass is 370 g/mol. The molecule has 3 aromatic carbocycles. The van der Waals surface area contributed by atoms with Crippen LogP contribution in [0.2, 0.25) is 0 Å². The molecule has 1 heterocycles. The Morgan fingerprint density at radius 1 is 0.929 bits per heavy atom. The Hall–Kier alpha value is -3.14. The number of amides is 2. The quantitative estimate of drug-likeness (QED) is 0.743. The van der Waals surface area contributed by atoms with E-state index in [0.29, 0.717) is 12.1 Å². The van der Waals surface area contributed by atoms with Gasteiger partial charge in [0.15, 0.2) is 0 Å². The molecule has 1 N–H and O–H groups in total. The van der Waals surface area contributed by atoms with E-state index in [9.17, 15) is 9.59 Å². The van der Waals surface area contributed by atoms with Gasteiger partial charge in [-0.3, -0.25) is 9.59 Å². The minimum atomic E-state index is -0.113. The second kappa shape index (κ2) is 6.79. The maximum Gasteiger partial charge on any atom is 0.256 e. The summed E-state index contributed by atoms with van der Waals surface area (Å²) in [5.41, 5.74) is 3.85. The Labute approximate surface area is 164 Å². The molecule has 0 aromatic heterocycles. The van der Waals surface area contributed by atoms with Crippen molar-refractivity contribution < 1.29 is 9.59 Å². The van der Waals surface area contributed by atoms with Crippen LogP contribution < -0.4 is 5.32 Å². The summed E-state index contributed by atoms with van der Waals surface area (Å²) < 4.78 is 0. The fraction of sp³-hybridized carbons (Fsp3) is 0.250. The molecule has 4 nitrogen and oxygen atoms in total. The van der Waals surface area contributed by atoms with Gasteiger partial charge in [-0.25, -0.2) is 0 Å². The largest absolute Gasteiger partial charge is 0.338 e. The van der Waals surface area contributed by atoms with Gasteiger partial charge in [-0.15, -0.1) is 0 Å². The average Bonchev–Trinajstić information content (AvgIpc) is 3.57. The molecule has 5 rings (SSSR count). The van der Waals surface area contributed by atoms with E-state index in [4.69, 9.17) is 0 Å². The molecule has 1 aliphatic heterocycles. The minimum Gasteiger partial charge on any atom is -0.338 e. The van der Waals surface area contributed by atoms with Gasteiger partial charge in [0.2, 0.25) is 5.91 Å². The van der Waals surface area contributed by atoms with E-state index in [-0.39, 0.29) is 17.7 Å². The third-order valence-corrected chi connectivity index (χ3v) is 5.75. The normalized spacial score (nSPS) is 15.9. The van der Waals surface area contributed by atoms with Crippen molar-refractivity contribution in [3.8, 4) is 0 Å². The molecular weight excluding hydrogens is 348 g/mol. The van der Waals surface area contributed by atoms with Crippen LogP contribution in [0.25, 0.3) is 10.8 Å². The van der Waals surface area contributed by atoms with Gasteiger partial charge in [-0.05, 0) is 59.4 Å². The summed E-state index contributed by atoms with van der Waals surface area (Å²) in [6, 6.07) is 19.7. The summed E-state index contributed by atoms with van der Waals surface area (Å²) in [7, 11) is 0. The van der Waals surface area contributed by atoms with Crippen molar-refractivity contribution >= 4 is 28.3 Å². The molecule has 2 amide bonds. The first-order chi connectivity index (χ1) is 13.7. The van der Waals surface area contributed by atoms with Gasteiger partial charge in [0.25, 0.3) is 5.91 Å². The lowest BCUT2D eigenvalue weighted by Crippen LogP contribution is -2.36. The van der Waals surface area contributed by atoms with Crippen LogP contribution in [0.4, 0.5) is 5.69 Å². The molecule has 3 aromatic rings. The van der Waals surface area contributed by atoms with E-state index in [2.05, 4.69) is 11.4 Å². The first-order valence-corrected chi connectivity index (χ1v) is 9.89. The van der Waals surface area contributed by atoms with Crippen molar-refractivity contribution in [1.82, 2.24) is 4.90 Å². The molecular formula is C24H22N2O2. The number of rotatable bonds is 3. The number of hydrogen-bond acceptors (Lipinski definition) is 2. The van der Waals surface area contributed by atoms with Crippen molar-refractivity contribution in [2.24, 2.45) is 5.92 Å². The topological polar surface area (TPSA) is 49.4 Å². The zero-order valence-corrected chi connectivity index (χ0v) is 15.7. The predicted octanol–water partition coefficient (Wildman–Crippen LogP) is 4.39. The maximum absolute atomic E-state index is 12.9. The molecule has 0 spiro atoms. The average molecular weight is 370 g/mol. The van der Waals surface area contributed by atoms with Crippen molar-refractivity contribution in [3.05, 3.63) is 77.4 Å². The van der Waals surface area contributed by atoms with Crippen LogP contribution in [-0.2, 0) is 17.8 Å². The van der Waals surface area contributed by atoms with Gasteiger partial charge >= 0.3 is 0 Å². The molecule has 1 aliphatic carbocycles. The summed E-state index contributed by atoms with van der Waals surface area (Å²) >= 11 is 0. The van der Waals surface area contributed by atoms with Gasteiger partial charge in [-0.2, -0.15) is 0 Å².